The van der Waals surface area contributed by atoms with Gasteiger partial charge in [-0.3, -0.25) is 4.68 Å². The summed E-state index contributed by atoms with van der Waals surface area (Å²) in [5.74, 6) is 0.250. The van der Waals surface area contributed by atoms with E-state index in [2.05, 4.69) is 20.4 Å². The van der Waals surface area contributed by atoms with Gasteiger partial charge in [-0.25, -0.2) is 14.8 Å². The fourth-order valence-corrected chi connectivity index (χ4v) is 3.24. The number of nitrogens with one attached hydrogen (secondary N) is 1. The maximum atomic E-state index is 12.7. The van der Waals surface area contributed by atoms with Crippen LogP contribution in [0.1, 0.15) is 57.4 Å². The van der Waals surface area contributed by atoms with E-state index in [0.717, 1.165) is 36.5 Å². The topological polar surface area (TPSA) is 85.2 Å². The minimum absolute atomic E-state index is 0.0235. The lowest BCUT2D eigenvalue weighted by Crippen LogP contribution is -2.37. The number of rotatable bonds is 6. The molecule has 1 aliphatic heterocycles. The second-order valence-corrected chi connectivity index (χ2v) is 8.68. The average Bonchev–Trinajstić information content (AvgIpc) is 3.18. The number of hydrogen-bond donors (Lipinski definition) is 1. The zero-order valence-corrected chi connectivity index (χ0v) is 18.0. The Morgan fingerprint density at radius 1 is 1.23 bits per heavy atom. The monoisotopic (exact) mass is 440 g/mol. The first-order valence-corrected chi connectivity index (χ1v) is 10.1. The van der Waals surface area contributed by atoms with Crippen LogP contribution in [0.25, 0.3) is 0 Å². The Labute approximate surface area is 178 Å². The highest BCUT2D eigenvalue weighted by molar-refractivity contribution is 5.67. The Morgan fingerprint density at radius 3 is 2.48 bits per heavy atom. The molecule has 1 atom stereocenters. The number of carbonyl (C=O) groups is 1. The van der Waals surface area contributed by atoms with Crippen molar-refractivity contribution < 1.29 is 22.7 Å². The maximum Gasteiger partial charge on any atom is 0.419 e. The van der Waals surface area contributed by atoms with Crippen molar-refractivity contribution in [1.82, 2.24) is 25.1 Å². The molecule has 1 N–H and O–H groups in total. The first kappa shape index (κ1) is 22.8. The summed E-state index contributed by atoms with van der Waals surface area (Å²) in [6.45, 7) is 9.03. The van der Waals surface area contributed by atoms with Crippen molar-refractivity contribution >= 4 is 12.0 Å². The average molecular weight is 440 g/mol. The number of ether oxygens (including phenoxy) is 1. The molecule has 0 aliphatic carbocycles. The Morgan fingerprint density at radius 2 is 1.90 bits per heavy atom. The van der Waals surface area contributed by atoms with Gasteiger partial charge in [0.2, 0.25) is 5.95 Å². The minimum atomic E-state index is -4.45. The molecule has 170 valence electrons. The third-order valence-corrected chi connectivity index (χ3v) is 4.66. The fourth-order valence-electron chi connectivity index (χ4n) is 3.24. The molecule has 2 aromatic rings. The molecule has 1 amide bonds. The highest BCUT2D eigenvalue weighted by Crippen LogP contribution is 2.30. The molecule has 11 heteroatoms. The summed E-state index contributed by atoms with van der Waals surface area (Å²) in [6.07, 6.45) is 0.247. The number of carbonyl (C=O) groups excluding carboxylic acids is 1. The van der Waals surface area contributed by atoms with Crippen LogP contribution in [0.2, 0.25) is 0 Å². The van der Waals surface area contributed by atoms with Gasteiger partial charge < -0.3 is 15.0 Å². The first-order valence-electron chi connectivity index (χ1n) is 10.1. The number of alkyl halides is 3. The van der Waals surface area contributed by atoms with Gasteiger partial charge in [0.1, 0.15) is 5.60 Å². The van der Waals surface area contributed by atoms with E-state index in [1.54, 1.807) is 4.90 Å². The summed E-state index contributed by atoms with van der Waals surface area (Å²) >= 11 is 0. The van der Waals surface area contributed by atoms with Crippen LogP contribution < -0.4 is 10.2 Å². The molecule has 0 saturated carbocycles. The van der Waals surface area contributed by atoms with E-state index in [1.807, 2.05) is 38.6 Å². The van der Waals surface area contributed by atoms with Gasteiger partial charge in [0.05, 0.1) is 17.8 Å². The lowest BCUT2D eigenvalue weighted by Gasteiger charge is -2.22. The Kier molecular flexibility index (Phi) is 6.42. The molecular weight excluding hydrogens is 413 g/mol. The molecule has 2 aromatic heterocycles. The summed E-state index contributed by atoms with van der Waals surface area (Å²) in [4.78, 5) is 21.3. The molecule has 31 heavy (non-hydrogen) atoms. The summed E-state index contributed by atoms with van der Waals surface area (Å²) in [6, 6.07) is -0.0235. The van der Waals surface area contributed by atoms with Crippen LogP contribution in [0.3, 0.4) is 0 Å². The molecule has 1 aliphatic rings. The van der Waals surface area contributed by atoms with Crippen LogP contribution in [-0.4, -0.2) is 37.5 Å². The molecule has 0 fully saturated rings. The number of anilines is 1. The lowest BCUT2D eigenvalue weighted by molar-refractivity contribution is -0.138. The molecule has 3 heterocycles. The van der Waals surface area contributed by atoms with E-state index in [9.17, 15) is 18.0 Å². The van der Waals surface area contributed by atoms with E-state index in [0.29, 0.717) is 19.6 Å². The van der Waals surface area contributed by atoms with Crippen LogP contribution in [0.15, 0.2) is 18.6 Å². The normalized spacial score (nSPS) is 15.0. The third kappa shape index (κ3) is 6.31. The zero-order valence-electron chi connectivity index (χ0n) is 18.0. The number of hydrogen-bond acceptors (Lipinski definition) is 6. The molecule has 0 bridgehead atoms. The predicted octanol–water partition coefficient (Wildman–Crippen LogP) is 3.91. The van der Waals surface area contributed by atoms with Gasteiger partial charge in [-0.2, -0.15) is 18.3 Å². The SMILES string of the molecule is C[C@@H](CCCn1cc2c(n1)CN(c1ncc(C(F)(F)F)cn1)C2)NC(=O)OC(C)(C)C. The summed E-state index contributed by atoms with van der Waals surface area (Å²) in [5.41, 5.74) is 0.472. The van der Waals surface area contributed by atoms with Crippen molar-refractivity contribution in [2.75, 3.05) is 4.90 Å². The van der Waals surface area contributed by atoms with E-state index in [-0.39, 0.29) is 12.0 Å². The van der Waals surface area contributed by atoms with Crippen molar-refractivity contribution in [2.24, 2.45) is 0 Å². The molecule has 0 spiro atoms. The van der Waals surface area contributed by atoms with E-state index >= 15 is 0 Å². The highest BCUT2D eigenvalue weighted by atomic mass is 19.4. The van der Waals surface area contributed by atoms with Crippen LogP contribution in [0, 0.1) is 0 Å². The smallest absolute Gasteiger partial charge is 0.419 e. The molecule has 0 saturated heterocycles. The highest BCUT2D eigenvalue weighted by Gasteiger charge is 2.32. The summed E-state index contributed by atoms with van der Waals surface area (Å²) in [5, 5.41) is 7.37. The van der Waals surface area contributed by atoms with Crippen molar-refractivity contribution in [1.29, 1.82) is 0 Å². The standard InChI is InChI=1S/C20H27F3N6O2/c1-13(26-18(30)31-19(2,3)4)6-5-7-29-11-14-10-28(12-16(14)27-29)17-24-8-15(9-25-17)20(21,22)23/h8-9,11,13H,5-7,10,12H2,1-4H3,(H,26,30)/t13-/m0/s1. The molecule has 0 unspecified atom stereocenters. The van der Waals surface area contributed by atoms with Crippen molar-refractivity contribution in [2.45, 2.75) is 78.0 Å². The first-order chi connectivity index (χ1) is 14.4. The van der Waals surface area contributed by atoms with Crippen molar-refractivity contribution in [3.63, 3.8) is 0 Å². The number of alkyl carbamates (subject to hydrolysis) is 1. The number of aryl methyl sites for hydroxylation is 1. The van der Waals surface area contributed by atoms with Crippen LogP contribution in [0.4, 0.5) is 23.9 Å². The summed E-state index contributed by atoms with van der Waals surface area (Å²) < 4.78 is 45.1. The second kappa shape index (κ2) is 8.72. The van der Waals surface area contributed by atoms with E-state index in [4.69, 9.17) is 4.74 Å². The van der Waals surface area contributed by atoms with Gasteiger partial charge in [0.15, 0.2) is 0 Å². The Balaban J connectivity index is 1.45. The quantitative estimate of drug-likeness (QED) is 0.733. The van der Waals surface area contributed by atoms with E-state index < -0.39 is 23.4 Å². The van der Waals surface area contributed by atoms with Gasteiger partial charge in [0.25, 0.3) is 0 Å². The Bertz CT molecular complexity index is 882. The lowest BCUT2D eigenvalue weighted by atomic mass is 10.2. The zero-order chi connectivity index (χ0) is 22.8. The number of halogens is 3. The van der Waals surface area contributed by atoms with Crippen molar-refractivity contribution in [3.8, 4) is 0 Å². The van der Waals surface area contributed by atoms with Gasteiger partial charge >= 0.3 is 12.3 Å². The van der Waals surface area contributed by atoms with Gasteiger partial charge in [0, 0.05) is 43.3 Å². The number of amides is 1. The largest absolute Gasteiger partial charge is 0.444 e. The van der Waals surface area contributed by atoms with Crippen LogP contribution in [0.5, 0.6) is 0 Å². The van der Waals surface area contributed by atoms with Gasteiger partial charge in [-0.15, -0.1) is 0 Å². The predicted molar refractivity (Wildman–Crippen MR) is 107 cm³/mol. The number of nitrogens with zero attached hydrogens (tertiary/aromatic N) is 5. The molecule has 3 rings (SSSR count). The molecular formula is C20H27F3N6O2. The minimum Gasteiger partial charge on any atom is -0.444 e. The number of aromatic nitrogens is 4. The van der Waals surface area contributed by atoms with Crippen molar-refractivity contribution in [3.05, 3.63) is 35.4 Å². The molecule has 0 radical (unpaired) electrons. The van der Waals surface area contributed by atoms with Gasteiger partial charge in [-0.05, 0) is 40.5 Å². The third-order valence-electron chi connectivity index (χ3n) is 4.66. The Hall–Kier alpha value is -2.85. The summed E-state index contributed by atoms with van der Waals surface area (Å²) in [7, 11) is 0. The van der Waals surface area contributed by atoms with Gasteiger partial charge in [-0.1, -0.05) is 0 Å². The maximum absolute atomic E-state index is 12.7. The fraction of sp³-hybridized carbons (Fsp3) is 0.600. The van der Waals surface area contributed by atoms with Crippen LogP contribution in [-0.2, 0) is 30.5 Å². The number of fused-ring (bicyclic) bond motifs is 1. The molecule has 8 nitrogen and oxygen atoms in total. The van der Waals surface area contributed by atoms with E-state index in [1.165, 1.54) is 0 Å². The molecule has 0 aromatic carbocycles. The van der Waals surface area contributed by atoms with Crippen LogP contribution >= 0.6 is 0 Å². The second-order valence-electron chi connectivity index (χ2n) is 8.68.